The van der Waals surface area contributed by atoms with Crippen molar-refractivity contribution < 1.29 is 0 Å². The van der Waals surface area contributed by atoms with Gasteiger partial charge >= 0.3 is 0 Å². The molecule has 0 bridgehead atoms. The summed E-state index contributed by atoms with van der Waals surface area (Å²) in [6.07, 6.45) is 0. The zero-order valence-corrected chi connectivity index (χ0v) is 22.5. The molecule has 4 heterocycles. The Hall–Kier alpha value is -6.64. The highest BCUT2D eigenvalue weighted by molar-refractivity contribution is 6.13. The summed E-state index contributed by atoms with van der Waals surface area (Å²) >= 11 is 0. The lowest BCUT2D eigenvalue weighted by molar-refractivity contribution is 1.28. The highest BCUT2D eigenvalue weighted by Gasteiger charge is 2.22. The summed E-state index contributed by atoms with van der Waals surface area (Å²) in [6.45, 7) is 0. The van der Waals surface area contributed by atoms with E-state index in [9.17, 15) is 29.7 Å². The molecule has 0 aliphatic heterocycles. The standard InChI is InChI=1S/C36H14N4O4/c37-15-17-9-23-31-25(11-17)35(43)21-13-22-30(14-29(21)39(31)27-7-3-1-5-19(27)33(23)41)40-28-8-4-2-6-20(28)34(42)24-10-18(16-38)12-26(32(24)40)36(22)44/h1-14H. The summed E-state index contributed by atoms with van der Waals surface area (Å²) in [4.78, 5) is 55.6. The number of nitriles is 2. The highest BCUT2D eigenvalue weighted by atomic mass is 16.1. The maximum Gasteiger partial charge on any atom is 0.197 e. The Labute approximate surface area is 244 Å². The van der Waals surface area contributed by atoms with Crippen molar-refractivity contribution in [2.45, 2.75) is 0 Å². The molecule has 0 unspecified atom stereocenters. The van der Waals surface area contributed by atoms with Crippen LogP contribution in [0.1, 0.15) is 11.1 Å². The molecule has 0 spiro atoms. The highest BCUT2D eigenvalue weighted by Crippen LogP contribution is 2.32. The second-order valence-corrected chi connectivity index (χ2v) is 11.0. The Morgan fingerprint density at radius 3 is 1.16 bits per heavy atom. The maximum absolute atomic E-state index is 14.2. The Morgan fingerprint density at radius 2 is 0.773 bits per heavy atom. The summed E-state index contributed by atoms with van der Waals surface area (Å²) in [5, 5.41) is 21.7. The molecular formula is C36H14N4O4. The molecule has 44 heavy (non-hydrogen) atoms. The zero-order valence-electron chi connectivity index (χ0n) is 22.5. The van der Waals surface area contributed by atoms with Crippen LogP contribution in [0.5, 0.6) is 0 Å². The van der Waals surface area contributed by atoms with Gasteiger partial charge in [-0.05, 0) is 60.7 Å². The van der Waals surface area contributed by atoms with Gasteiger partial charge in [0.1, 0.15) is 0 Å². The van der Waals surface area contributed by atoms with Gasteiger partial charge in [-0.2, -0.15) is 10.5 Å². The van der Waals surface area contributed by atoms with Crippen LogP contribution in [0, 0.1) is 22.7 Å². The summed E-state index contributed by atoms with van der Waals surface area (Å²) in [5.74, 6) is 0. The van der Waals surface area contributed by atoms with Crippen LogP contribution in [0.15, 0.2) is 104 Å². The van der Waals surface area contributed by atoms with Crippen molar-refractivity contribution in [1.29, 1.82) is 10.5 Å². The second-order valence-electron chi connectivity index (χ2n) is 11.0. The number of nitrogens with zero attached hydrogens (tertiary/aromatic N) is 4. The van der Waals surface area contributed by atoms with E-state index in [0.717, 1.165) is 0 Å². The molecule has 0 N–H and O–H groups in total. The molecule has 0 aliphatic carbocycles. The molecule has 0 radical (unpaired) electrons. The van der Waals surface area contributed by atoms with Crippen LogP contribution < -0.4 is 21.7 Å². The van der Waals surface area contributed by atoms with E-state index in [1.807, 2.05) is 8.80 Å². The van der Waals surface area contributed by atoms with Crippen molar-refractivity contribution in [2.75, 3.05) is 0 Å². The van der Waals surface area contributed by atoms with Crippen molar-refractivity contribution in [3.05, 3.63) is 137 Å². The van der Waals surface area contributed by atoms with Gasteiger partial charge in [0.05, 0.1) is 56.4 Å². The number of hydrogen-bond donors (Lipinski definition) is 0. The van der Waals surface area contributed by atoms with Gasteiger partial charge in [0.25, 0.3) is 0 Å². The smallest absolute Gasteiger partial charge is 0.197 e. The Morgan fingerprint density at radius 1 is 0.409 bits per heavy atom. The van der Waals surface area contributed by atoms with Gasteiger partial charge in [-0.15, -0.1) is 0 Å². The van der Waals surface area contributed by atoms with Crippen molar-refractivity contribution in [3.63, 3.8) is 0 Å². The van der Waals surface area contributed by atoms with E-state index >= 15 is 0 Å². The molecule has 202 valence electrons. The number of rotatable bonds is 0. The van der Waals surface area contributed by atoms with E-state index in [1.54, 1.807) is 60.7 Å². The van der Waals surface area contributed by atoms with Crippen LogP contribution in [0.25, 0.3) is 76.2 Å². The van der Waals surface area contributed by atoms with E-state index in [-0.39, 0.29) is 54.3 Å². The lowest BCUT2D eigenvalue weighted by atomic mass is 9.98. The molecule has 0 fully saturated rings. The number of aromatic nitrogens is 2. The normalized spacial score (nSPS) is 12.0. The minimum Gasteiger partial charge on any atom is -0.307 e. The molecule has 9 rings (SSSR count). The van der Waals surface area contributed by atoms with Crippen molar-refractivity contribution in [2.24, 2.45) is 0 Å². The van der Waals surface area contributed by atoms with Crippen LogP contribution in [0.3, 0.4) is 0 Å². The average molecular weight is 567 g/mol. The first-order chi connectivity index (χ1) is 21.4. The molecule has 0 aliphatic rings. The first-order valence-electron chi connectivity index (χ1n) is 13.7. The van der Waals surface area contributed by atoms with Crippen LogP contribution >= 0.6 is 0 Å². The van der Waals surface area contributed by atoms with E-state index in [4.69, 9.17) is 0 Å². The number of benzene rings is 5. The molecule has 8 heteroatoms. The van der Waals surface area contributed by atoms with Crippen molar-refractivity contribution in [1.82, 2.24) is 8.80 Å². The summed E-state index contributed by atoms with van der Waals surface area (Å²) in [7, 11) is 0. The number of para-hydroxylation sites is 2. The quantitative estimate of drug-likeness (QED) is 0.184. The minimum absolute atomic E-state index is 0.178. The monoisotopic (exact) mass is 566 g/mol. The van der Waals surface area contributed by atoms with E-state index in [1.165, 1.54) is 24.3 Å². The third-order valence-electron chi connectivity index (χ3n) is 8.77. The summed E-state index contributed by atoms with van der Waals surface area (Å²) < 4.78 is 3.69. The number of pyridine rings is 4. The summed E-state index contributed by atoms with van der Waals surface area (Å²) in [6, 6.07) is 27.5. The minimum atomic E-state index is -0.418. The van der Waals surface area contributed by atoms with Crippen LogP contribution in [-0.2, 0) is 0 Å². The van der Waals surface area contributed by atoms with Gasteiger partial charge in [0.15, 0.2) is 21.7 Å². The zero-order chi connectivity index (χ0) is 30.0. The molecule has 0 amide bonds. The fourth-order valence-electron chi connectivity index (χ4n) is 6.93. The van der Waals surface area contributed by atoms with Crippen LogP contribution in [0.2, 0.25) is 0 Å². The summed E-state index contributed by atoms with van der Waals surface area (Å²) in [5.41, 5.74) is 1.80. The molecule has 4 aromatic heterocycles. The molecule has 8 nitrogen and oxygen atoms in total. The largest absolute Gasteiger partial charge is 0.307 e. The Kier molecular flexibility index (Phi) is 4.37. The number of hydrogen-bond acceptors (Lipinski definition) is 6. The Balaban J connectivity index is 1.68. The molecule has 0 atom stereocenters. The average Bonchev–Trinajstić information content (AvgIpc) is 3.06. The second kappa shape index (κ2) is 8.01. The van der Waals surface area contributed by atoms with E-state index in [0.29, 0.717) is 43.9 Å². The maximum atomic E-state index is 14.2. The molecule has 0 saturated carbocycles. The van der Waals surface area contributed by atoms with E-state index in [2.05, 4.69) is 12.1 Å². The fourth-order valence-corrected chi connectivity index (χ4v) is 6.93. The first-order valence-corrected chi connectivity index (χ1v) is 13.7. The lowest BCUT2D eigenvalue weighted by Gasteiger charge is -2.18. The molecule has 5 aromatic carbocycles. The molecule has 9 aromatic rings. The number of fused-ring (bicyclic) bond motifs is 8. The van der Waals surface area contributed by atoms with Gasteiger partial charge in [0.2, 0.25) is 0 Å². The van der Waals surface area contributed by atoms with Gasteiger partial charge in [-0.3, -0.25) is 19.2 Å². The predicted octanol–water partition coefficient (Wildman–Crippen LogP) is 5.17. The lowest BCUT2D eigenvalue weighted by Crippen LogP contribution is -2.17. The predicted molar refractivity (Wildman–Crippen MR) is 170 cm³/mol. The molecule has 0 saturated heterocycles. The van der Waals surface area contributed by atoms with Gasteiger partial charge in [0, 0.05) is 43.1 Å². The third kappa shape index (κ3) is 2.74. The van der Waals surface area contributed by atoms with E-state index < -0.39 is 10.9 Å². The van der Waals surface area contributed by atoms with Crippen LogP contribution in [0.4, 0.5) is 0 Å². The SMILES string of the molecule is N#Cc1cc2c(=O)c3ccccc3n3c4cc5c(cc4c(=O)c(c1)c23)c(=O)c1cc(C#N)cc2c(=O)c3ccccc3n5c21. The van der Waals surface area contributed by atoms with Crippen LogP contribution in [-0.4, -0.2) is 8.80 Å². The van der Waals surface area contributed by atoms with Crippen molar-refractivity contribution >= 4 is 76.2 Å². The Bertz CT molecular complexity index is 2950. The van der Waals surface area contributed by atoms with Gasteiger partial charge < -0.3 is 8.80 Å². The van der Waals surface area contributed by atoms with Gasteiger partial charge in [-0.1, -0.05) is 24.3 Å². The topological polar surface area (TPSA) is 125 Å². The third-order valence-corrected chi connectivity index (χ3v) is 8.77. The first kappa shape index (κ1) is 24.0. The fraction of sp³-hybridized carbons (Fsp3) is 0. The van der Waals surface area contributed by atoms with Crippen molar-refractivity contribution in [3.8, 4) is 12.1 Å². The van der Waals surface area contributed by atoms with Gasteiger partial charge in [-0.25, -0.2) is 0 Å². The molecular weight excluding hydrogens is 552 g/mol.